The van der Waals surface area contributed by atoms with Gasteiger partial charge in [-0.25, -0.2) is 0 Å². The molecule has 0 unspecified atom stereocenters. The van der Waals surface area contributed by atoms with Crippen molar-refractivity contribution >= 4 is 0 Å². The number of hydrogen-bond acceptors (Lipinski definition) is 1. The predicted molar refractivity (Wildman–Crippen MR) is 76.4 cm³/mol. The largest absolute Gasteiger partial charge is 0.323 e. The Hall–Kier alpha value is -0.820. The highest BCUT2D eigenvalue weighted by atomic mass is 14.8. The molecule has 0 saturated heterocycles. The molecule has 1 spiro atoms. The van der Waals surface area contributed by atoms with Gasteiger partial charge in [0.05, 0.1) is 0 Å². The van der Waals surface area contributed by atoms with Crippen LogP contribution in [0.5, 0.6) is 0 Å². The maximum atomic E-state index is 6.74. The summed E-state index contributed by atoms with van der Waals surface area (Å²) in [6, 6.07) is 9.12. The number of nitrogens with two attached hydrogens (primary N) is 1. The van der Waals surface area contributed by atoms with Gasteiger partial charge in [-0.15, -0.1) is 0 Å². The molecule has 2 aliphatic carbocycles. The summed E-state index contributed by atoms with van der Waals surface area (Å²) in [6.45, 7) is 9.47. The van der Waals surface area contributed by atoms with Crippen molar-refractivity contribution in [3.05, 3.63) is 35.4 Å². The molecule has 0 aromatic heterocycles. The maximum Gasteiger partial charge on any atom is 0.0368 e. The number of rotatable bonds is 2. The Kier molecular flexibility index (Phi) is 2.45. The molecule has 1 nitrogen and oxygen atoms in total. The van der Waals surface area contributed by atoms with Gasteiger partial charge in [-0.3, -0.25) is 0 Å². The zero-order valence-corrected chi connectivity index (χ0v) is 12.0. The van der Waals surface area contributed by atoms with Gasteiger partial charge < -0.3 is 5.73 Å². The van der Waals surface area contributed by atoms with Crippen LogP contribution >= 0.6 is 0 Å². The van der Waals surface area contributed by atoms with E-state index in [4.69, 9.17) is 5.73 Å². The minimum atomic E-state index is 0.205. The molecule has 18 heavy (non-hydrogen) atoms. The van der Waals surface area contributed by atoms with Crippen molar-refractivity contribution in [2.24, 2.45) is 23.0 Å². The normalized spacial score (nSPS) is 26.9. The Morgan fingerprint density at radius 1 is 1.06 bits per heavy atom. The molecule has 1 aromatic carbocycles. The summed E-state index contributed by atoms with van der Waals surface area (Å²) in [5.41, 5.74) is 10.3. The lowest BCUT2D eigenvalue weighted by Crippen LogP contribution is -2.47. The van der Waals surface area contributed by atoms with Gasteiger partial charge in [0, 0.05) is 16.9 Å². The van der Waals surface area contributed by atoms with Gasteiger partial charge in [-0.2, -0.15) is 0 Å². The van der Waals surface area contributed by atoms with Gasteiger partial charge >= 0.3 is 0 Å². The summed E-state index contributed by atoms with van der Waals surface area (Å²) >= 11 is 0. The van der Waals surface area contributed by atoms with Crippen molar-refractivity contribution < 1.29 is 0 Å². The first-order valence-electron chi connectivity index (χ1n) is 7.33. The van der Waals surface area contributed by atoms with Crippen molar-refractivity contribution in [2.45, 2.75) is 52.0 Å². The molecule has 1 fully saturated rings. The lowest BCUT2D eigenvalue weighted by molar-refractivity contribution is 0.0424. The Morgan fingerprint density at radius 3 is 2.11 bits per heavy atom. The molecule has 0 heterocycles. The molecular formula is C17H25N. The number of benzene rings is 1. The van der Waals surface area contributed by atoms with E-state index in [1.165, 1.54) is 18.4 Å². The lowest BCUT2D eigenvalue weighted by atomic mass is 9.58. The SMILES string of the molecule is CC(C)C1(C(C)C)[C@H](N)c2ccccc2C12CC2. The van der Waals surface area contributed by atoms with Crippen LogP contribution in [0.15, 0.2) is 24.3 Å². The molecule has 3 rings (SSSR count). The smallest absolute Gasteiger partial charge is 0.0368 e. The van der Waals surface area contributed by atoms with E-state index in [-0.39, 0.29) is 11.5 Å². The van der Waals surface area contributed by atoms with Gasteiger partial charge in [-0.1, -0.05) is 52.0 Å². The van der Waals surface area contributed by atoms with Crippen LogP contribution in [-0.2, 0) is 5.41 Å². The van der Waals surface area contributed by atoms with Crippen LogP contribution in [0.1, 0.15) is 57.7 Å². The van der Waals surface area contributed by atoms with Crippen molar-refractivity contribution in [2.75, 3.05) is 0 Å². The second kappa shape index (κ2) is 3.60. The third-order valence-electron chi connectivity index (χ3n) is 5.82. The van der Waals surface area contributed by atoms with Gasteiger partial charge in [0.15, 0.2) is 0 Å². The number of fused-ring (bicyclic) bond motifs is 2. The van der Waals surface area contributed by atoms with Crippen molar-refractivity contribution in [3.63, 3.8) is 0 Å². The van der Waals surface area contributed by atoms with E-state index >= 15 is 0 Å². The quantitative estimate of drug-likeness (QED) is 0.834. The second-order valence-electron chi connectivity index (χ2n) is 6.89. The fourth-order valence-electron chi connectivity index (χ4n) is 5.31. The van der Waals surface area contributed by atoms with E-state index in [1.54, 1.807) is 5.56 Å². The van der Waals surface area contributed by atoms with Crippen molar-refractivity contribution in [1.82, 2.24) is 0 Å². The summed E-state index contributed by atoms with van der Waals surface area (Å²) in [6.07, 6.45) is 2.65. The van der Waals surface area contributed by atoms with Crippen LogP contribution in [0.2, 0.25) is 0 Å². The van der Waals surface area contributed by atoms with Crippen LogP contribution < -0.4 is 5.73 Å². The highest BCUT2D eigenvalue weighted by Crippen LogP contribution is 2.74. The zero-order chi connectivity index (χ0) is 13.1. The van der Waals surface area contributed by atoms with Crippen molar-refractivity contribution in [1.29, 1.82) is 0 Å². The van der Waals surface area contributed by atoms with Crippen molar-refractivity contribution in [3.8, 4) is 0 Å². The van der Waals surface area contributed by atoms with Crippen LogP contribution in [0.25, 0.3) is 0 Å². The average molecular weight is 243 g/mol. The molecular weight excluding hydrogens is 218 g/mol. The molecule has 1 aromatic rings. The summed E-state index contributed by atoms with van der Waals surface area (Å²) < 4.78 is 0. The Morgan fingerprint density at radius 2 is 1.61 bits per heavy atom. The van der Waals surface area contributed by atoms with Crippen LogP contribution in [-0.4, -0.2) is 0 Å². The monoisotopic (exact) mass is 243 g/mol. The third-order valence-corrected chi connectivity index (χ3v) is 5.82. The minimum absolute atomic E-state index is 0.205. The van der Waals surface area contributed by atoms with Gasteiger partial charge in [0.2, 0.25) is 0 Å². The van der Waals surface area contributed by atoms with Gasteiger partial charge in [-0.05, 0) is 35.8 Å². The van der Waals surface area contributed by atoms with Gasteiger partial charge in [0.1, 0.15) is 0 Å². The molecule has 1 heteroatoms. The Balaban J connectivity index is 2.25. The molecule has 0 amide bonds. The Labute approximate surface area is 111 Å². The van der Waals surface area contributed by atoms with E-state index in [1.807, 2.05) is 0 Å². The zero-order valence-electron chi connectivity index (χ0n) is 12.0. The summed E-state index contributed by atoms with van der Waals surface area (Å²) in [4.78, 5) is 0. The molecule has 2 N–H and O–H groups in total. The Bertz CT molecular complexity index is 460. The predicted octanol–water partition coefficient (Wildman–Crippen LogP) is 4.03. The highest BCUT2D eigenvalue weighted by molar-refractivity contribution is 5.51. The van der Waals surface area contributed by atoms with Gasteiger partial charge in [0.25, 0.3) is 0 Å². The first kappa shape index (κ1) is 12.2. The van der Waals surface area contributed by atoms with E-state index in [0.717, 1.165) is 0 Å². The summed E-state index contributed by atoms with van der Waals surface area (Å²) in [7, 11) is 0. The van der Waals surface area contributed by atoms with E-state index in [0.29, 0.717) is 17.3 Å². The van der Waals surface area contributed by atoms with Crippen LogP contribution in [0.3, 0.4) is 0 Å². The minimum Gasteiger partial charge on any atom is -0.323 e. The number of hydrogen-bond donors (Lipinski definition) is 1. The highest BCUT2D eigenvalue weighted by Gasteiger charge is 2.69. The molecule has 1 atom stereocenters. The second-order valence-corrected chi connectivity index (χ2v) is 6.89. The standard InChI is InChI=1S/C17H25N/c1-11(2)17(12(3)4)15(18)13-7-5-6-8-14(13)16(17)9-10-16/h5-8,11-12,15H,9-10,18H2,1-4H3/t15-/m1/s1. The van der Waals surface area contributed by atoms with E-state index < -0.39 is 0 Å². The topological polar surface area (TPSA) is 26.0 Å². The first-order chi connectivity index (χ1) is 8.48. The molecule has 98 valence electrons. The van der Waals surface area contributed by atoms with E-state index in [2.05, 4.69) is 52.0 Å². The fraction of sp³-hybridized carbons (Fsp3) is 0.647. The molecule has 0 radical (unpaired) electrons. The fourth-order valence-corrected chi connectivity index (χ4v) is 5.31. The summed E-state index contributed by atoms with van der Waals surface area (Å²) in [5, 5.41) is 0. The van der Waals surface area contributed by atoms with Crippen LogP contribution in [0, 0.1) is 17.3 Å². The molecule has 1 saturated carbocycles. The summed E-state index contributed by atoms with van der Waals surface area (Å²) in [5.74, 6) is 1.25. The molecule has 2 aliphatic rings. The van der Waals surface area contributed by atoms with E-state index in [9.17, 15) is 0 Å². The molecule has 0 aliphatic heterocycles. The molecule has 0 bridgehead atoms. The first-order valence-corrected chi connectivity index (χ1v) is 7.33. The average Bonchev–Trinajstić information content (AvgIpc) is 3.06. The third kappa shape index (κ3) is 1.12. The lowest BCUT2D eigenvalue weighted by Gasteiger charge is -2.47. The maximum absolute atomic E-state index is 6.74. The van der Waals surface area contributed by atoms with Crippen LogP contribution in [0.4, 0.5) is 0 Å².